The Morgan fingerprint density at radius 1 is 1.24 bits per heavy atom. The van der Waals surface area contributed by atoms with Gasteiger partial charge in [0.1, 0.15) is 11.5 Å². The van der Waals surface area contributed by atoms with Crippen molar-refractivity contribution in [3.8, 4) is 17.4 Å². The third-order valence-electron chi connectivity index (χ3n) is 3.33. The predicted octanol–water partition coefficient (Wildman–Crippen LogP) is 2.94. The molecule has 1 unspecified atom stereocenters. The Morgan fingerprint density at radius 2 is 1.96 bits per heavy atom. The second-order valence-electron chi connectivity index (χ2n) is 5.14. The fraction of sp³-hybridized carbons (Fsp3) is 0.294. The van der Waals surface area contributed by atoms with E-state index < -0.39 is 0 Å². The Hall–Kier alpha value is -2.02. The minimum atomic E-state index is -0.196. The first kappa shape index (κ1) is 23.0. The first-order chi connectivity index (χ1) is 11.1. The molecule has 0 saturated heterocycles. The molecule has 1 amide bonds. The third kappa shape index (κ3) is 7.17. The zero-order valence-electron chi connectivity index (χ0n) is 14.1. The number of aromatic nitrogens is 1. The van der Waals surface area contributed by atoms with Gasteiger partial charge in [-0.1, -0.05) is 19.1 Å². The van der Waals surface area contributed by atoms with Crippen molar-refractivity contribution in [2.75, 3.05) is 13.7 Å². The van der Waals surface area contributed by atoms with Crippen LogP contribution in [-0.2, 0) is 11.3 Å². The summed E-state index contributed by atoms with van der Waals surface area (Å²) in [5.41, 5.74) is 6.35. The number of nitrogens with one attached hydrogen (secondary N) is 1. The number of amides is 1. The molecule has 1 atom stereocenters. The zero-order chi connectivity index (χ0) is 16.7. The van der Waals surface area contributed by atoms with Crippen LogP contribution in [-0.4, -0.2) is 24.5 Å². The Morgan fingerprint density at radius 3 is 2.56 bits per heavy atom. The van der Waals surface area contributed by atoms with E-state index in [1.54, 1.807) is 32.4 Å². The molecular weight excluding hydrogens is 365 g/mol. The fourth-order valence-corrected chi connectivity index (χ4v) is 1.83. The van der Waals surface area contributed by atoms with Crippen LogP contribution >= 0.6 is 24.8 Å². The fourth-order valence-electron chi connectivity index (χ4n) is 1.83. The predicted molar refractivity (Wildman–Crippen MR) is 102 cm³/mol. The number of hydrogen-bond acceptors (Lipinski definition) is 5. The first-order valence-corrected chi connectivity index (χ1v) is 7.37. The molecule has 1 aromatic heterocycles. The zero-order valence-corrected chi connectivity index (χ0v) is 15.7. The Bertz CT molecular complexity index is 654. The number of rotatable bonds is 7. The molecule has 138 valence electrons. The molecule has 25 heavy (non-hydrogen) atoms. The third-order valence-corrected chi connectivity index (χ3v) is 3.33. The molecular formula is C17H23Cl2N3O3. The van der Waals surface area contributed by atoms with Gasteiger partial charge in [0.05, 0.1) is 7.11 Å². The van der Waals surface area contributed by atoms with Gasteiger partial charge in [0.25, 0.3) is 0 Å². The number of benzene rings is 1. The lowest BCUT2D eigenvalue weighted by molar-refractivity contribution is -0.124. The van der Waals surface area contributed by atoms with Crippen molar-refractivity contribution in [3.05, 3.63) is 48.2 Å². The molecule has 0 saturated carbocycles. The summed E-state index contributed by atoms with van der Waals surface area (Å²) in [5.74, 6) is 1.58. The topological polar surface area (TPSA) is 86.5 Å². The van der Waals surface area contributed by atoms with Gasteiger partial charge >= 0.3 is 0 Å². The summed E-state index contributed by atoms with van der Waals surface area (Å²) >= 11 is 0. The van der Waals surface area contributed by atoms with E-state index in [1.807, 2.05) is 24.3 Å². The van der Waals surface area contributed by atoms with E-state index in [9.17, 15) is 4.79 Å². The van der Waals surface area contributed by atoms with E-state index in [2.05, 4.69) is 10.3 Å². The Balaban J connectivity index is 0.00000288. The molecule has 0 aliphatic rings. The first-order valence-electron chi connectivity index (χ1n) is 7.37. The second-order valence-corrected chi connectivity index (χ2v) is 5.14. The summed E-state index contributed by atoms with van der Waals surface area (Å²) in [5, 5.41) is 2.82. The van der Waals surface area contributed by atoms with Crippen molar-refractivity contribution in [2.24, 2.45) is 11.7 Å². The van der Waals surface area contributed by atoms with Crippen LogP contribution in [0.5, 0.6) is 17.4 Å². The van der Waals surface area contributed by atoms with E-state index in [4.69, 9.17) is 15.2 Å². The number of methoxy groups -OCH3 is 1. The van der Waals surface area contributed by atoms with Gasteiger partial charge in [0.15, 0.2) is 0 Å². The van der Waals surface area contributed by atoms with E-state index in [-0.39, 0.29) is 36.6 Å². The van der Waals surface area contributed by atoms with E-state index in [1.165, 1.54) is 0 Å². The van der Waals surface area contributed by atoms with Gasteiger partial charge in [0, 0.05) is 37.3 Å². The van der Waals surface area contributed by atoms with Crippen LogP contribution in [0.3, 0.4) is 0 Å². The van der Waals surface area contributed by atoms with Gasteiger partial charge in [-0.2, -0.15) is 0 Å². The molecule has 2 aromatic rings. The summed E-state index contributed by atoms with van der Waals surface area (Å²) in [6.45, 7) is 2.53. The Kier molecular flexibility index (Phi) is 10.6. The van der Waals surface area contributed by atoms with Crippen molar-refractivity contribution in [2.45, 2.75) is 13.5 Å². The molecule has 0 fully saturated rings. The number of hydrogen-bond donors (Lipinski definition) is 2. The molecule has 1 heterocycles. The molecule has 0 aliphatic heterocycles. The SMILES string of the molecule is COc1cccc(Oc2ccc(CNC(=O)C(C)CN)cn2)c1.Cl.Cl. The quantitative estimate of drug-likeness (QED) is 0.762. The number of halogens is 2. The van der Waals surface area contributed by atoms with E-state index >= 15 is 0 Å². The van der Waals surface area contributed by atoms with E-state index in [0.717, 1.165) is 11.3 Å². The van der Waals surface area contributed by atoms with Gasteiger partial charge in [0.2, 0.25) is 11.8 Å². The smallest absolute Gasteiger partial charge is 0.224 e. The summed E-state index contributed by atoms with van der Waals surface area (Å²) in [7, 11) is 1.60. The molecule has 0 spiro atoms. The van der Waals surface area contributed by atoms with Crippen molar-refractivity contribution >= 4 is 30.7 Å². The highest BCUT2D eigenvalue weighted by atomic mass is 35.5. The number of ether oxygens (including phenoxy) is 2. The van der Waals surface area contributed by atoms with Crippen molar-refractivity contribution < 1.29 is 14.3 Å². The number of carbonyl (C=O) groups excluding carboxylic acids is 1. The van der Waals surface area contributed by atoms with Gasteiger partial charge in [-0.25, -0.2) is 4.98 Å². The van der Waals surface area contributed by atoms with Crippen LogP contribution in [0.15, 0.2) is 42.6 Å². The lowest BCUT2D eigenvalue weighted by atomic mass is 10.1. The van der Waals surface area contributed by atoms with Crippen LogP contribution < -0.4 is 20.5 Å². The standard InChI is InChI=1S/C17H21N3O3.2ClH/c1-12(9-18)17(21)20-11-13-6-7-16(19-10-13)23-15-5-3-4-14(8-15)22-2;;/h3-8,10,12H,9,11,18H2,1-2H3,(H,20,21);2*1H. The molecule has 0 aliphatic carbocycles. The number of carbonyl (C=O) groups is 1. The summed E-state index contributed by atoms with van der Waals surface area (Å²) < 4.78 is 10.8. The van der Waals surface area contributed by atoms with Crippen molar-refractivity contribution in [3.63, 3.8) is 0 Å². The summed E-state index contributed by atoms with van der Waals surface area (Å²) in [4.78, 5) is 15.9. The average Bonchev–Trinajstić information content (AvgIpc) is 2.60. The molecule has 8 heteroatoms. The van der Waals surface area contributed by atoms with Gasteiger partial charge in [-0.05, 0) is 17.7 Å². The van der Waals surface area contributed by atoms with E-state index in [0.29, 0.717) is 24.7 Å². The molecule has 3 N–H and O–H groups in total. The second kappa shape index (κ2) is 11.5. The maximum Gasteiger partial charge on any atom is 0.224 e. The molecule has 1 aromatic carbocycles. The minimum absolute atomic E-state index is 0. The monoisotopic (exact) mass is 387 g/mol. The Labute approximate surface area is 159 Å². The molecule has 2 rings (SSSR count). The summed E-state index contributed by atoms with van der Waals surface area (Å²) in [6.07, 6.45) is 1.67. The molecule has 0 radical (unpaired) electrons. The number of nitrogens with zero attached hydrogens (tertiary/aromatic N) is 1. The maximum absolute atomic E-state index is 11.7. The highest BCUT2D eigenvalue weighted by Crippen LogP contribution is 2.23. The highest BCUT2D eigenvalue weighted by molar-refractivity contribution is 5.85. The van der Waals surface area contributed by atoms with Crippen molar-refractivity contribution in [1.29, 1.82) is 0 Å². The number of nitrogens with two attached hydrogens (primary N) is 1. The van der Waals surface area contributed by atoms with Gasteiger partial charge in [-0.15, -0.1) is 24.8 Å². The molecule has 6 nitrogen and oxygen atoms in total. The van der Waals surface area contributed by atoms with Gasteiger partial charge in [-0.3, -0.25) is 4.79 Å². The van der Waals surface area contributed by atoms with Crippen molar-refractivity contribution in [1.82, 2.24) is 10.3 Å². The molecule has 0 bridgehead atoms. The largest absolute Gasteiger partial charge is 0.497 e. The highest BCUT2D eigenvalue weighted by Gasteiger charge is 2.10. The van der Waals surface area contributed by atoms with Crippen LogP contribution in [0.1, 0.15) is 12.5 Å². The summed E-state index contributed by atoms with van der Waals surface area (Å²) in [6, 6.07) is 10.9. The normalized spacial score (nSPS) is 10.7. The lowest BCUT2D eigenvalue weighted by Crippen LogP contribution is -2.32. The number of pyridine rings is 1. The minimum Gasteiger partial charge on any atom is -0.497 e. The van der Waals surface area contributed by atoms with Crippen LogP contribution in [0, 0.1) is 5.92 Å². The average molecular weight is 388 g/mol. The van der Waals surface area contributed by atoms with Gasteiger partial charge < -0.3 is 20.5 Å². The lowest BCUT2D eigenvalue weighted by Gasteiger charge is -2.10. The maximum atomic E-state index is 11.7. The van der Waals surface area contributed by atoms with Crippen LogP contribution in [0.25, 0.3) is 0 Å². The van der Waals surface area contributed by atoms with Crippen LogP contribution in [0.4, 0.5) is 0 Å². The van der Waals surface area contributed by atoms with Crippen LogP contribution in [0.2, 0.25) is 0 Å².